The zero-order chi connectivity index (χ0) is 16.1. The highest BCUT2D eigenvalue weighted by Gasteiger charge is 2.14. The maximum absolute atomic E-state index is 9.38. The first-order chi connectivity index (χ1) is 11.3. The summed E-state index contributed by atoms with van der Waals surface area (Å²) in [5, 5.41) is 17.0. The van der Waals surface area contributed by atoms with Gasteiger partial charge in [0, 0.05) is 12.2 Å². The summed E-state index contributed by atoms with van der Waals surface area (Å²) in [6.07, 6.45) is 7.80. The van der Waals surface area contributed by atoms with Crippen molar-refractivity contribution in [3.05, 3.63) is 35.5 Å². The molecule has 0 unspecified atom stereocenters. The minimum absolute atomic E-state index is 0.449. The van der Waals surface area contributed by atoms with Crippen molar-refractivity contribution in [2.24, 2.45) is 0 Å². The van der Waals surface area contributed by atoms with Crippen molar-refractivity contribution in [3.63, 3.8) is 0 Å². The normalized spacial score (nSPS) is 16.0. The van der Waals surface area contributed by atoms with Crippen LogP contribution in [0.5, 0.6) is 0 Å². The number of benzene rings is 1. The highest BCUT2D eigenvalue weighted by atomic mass is 32.1. The number of nitrogens with one attached hydrogen (secondary N) is 2. The lowest BCUT2D eigenvalue weighted by Gasteiger charge is -2.23. The molecule has 6 heteroatoms. The van der Waals surface area contributed by atoms with Gasteiger partial charge in [-0.1, -0.05) is 31.4 Å². The molecule has 4 nitrogen and oxygen atoms in total. The van der Waals surface area contributed by atoms with E-state index in [2.05, 4.69) is 21.7 Å². The molecule has 1 heterocycles. The number of thiocarbonyl (C=S) groups is 1. The van der Waals surface area contributed by atoms with Gasteiger partial charge in [-0.25, -0.2) is 4.98 Å². The molecule has 1 saturated carbocycles. The second-order valence-electron chi connectivity index (χ2n) is 5.61. The van der Waals surface area contributed by atoms with Crippen molar-refractivity contribution >= 4 is 44.5 Å². The van der Waals surface area contributed by atoms with Crippen LogP contribution in [0.1, 0.15) is 37.1 Å². The van der Waals surface area contributed by atoms with Crippen LogP contribution in [0.2, 0.25) is 0 Å². The lowest BCUT2D eigenvalue weighted by atomic mass is 9.96. The van der Waals surface area contributed by atoms with Crippen molar-refractivity contribution in [2.45, 2.75) is 38.1 Å². The summed E-state index contributed by atoms with van der Waals surface area (Å²) in [4.78, 5) is 4.50. The highest BCUT2D eigenvalue weighted by molar-refractivity contribution is 7.80. The van der Waals surface area contributed by atoms with Gasteiger partial charge in [0.15, 0.2) is 5.11 Å². The molecule has 0 amide bonds. The zero-order valence-electron chi connectivity index (χ0n) is 12.7. The number of hydrogen-bond donors (Lipinski definition) is 2. The van der Waals surface area contributed by atoms with Crippen LogP contribution in [0.15, 0.2) is 30.5 Å². The molecule has 118 valence electrons. The Kier molecular flexibility index (Phi) is 5.21. The minimum Gasteiger partial charge on any atom is -0.360 e. The van der Waals surface area contributed by atoms with Crippen LogP contribution in [0.4, 0.5) is 0 Å². The molecule has 1 fully saturated rings. The molecular weight excluding hydrogens is 324 g/mol. The predicted octanol–water partition coefficient (Wildman–Crippen LogP) is 3.96. The van der Waals surface area contributed by atoms with E-state index in [1.54, 1.807) is 6.20 Å². The number of nitriles is 1. The highest BCUT2D eigenvalue weighted by Crippen LogP contribution is 2.26. The second kappa shape index (κ2) is 7.53. The lowest BCUT2D eigenvalue weighted by Crippen LogP contribution is -2.40. The van der Waals surface area contributed by atoms with Gasteiger partial charge < -0.3 is 10.6 Å². The van der Waals surface area contributed by atoms with Crippen LogP contribution in [0.3, 0.4) is 0 Å². The SMILES string of the molecule is N#C/C(=C/NC(=S)NC1CCCCC1)c1nc2ccccc2s1. The Labute approximate surface area is 145 Å². The Morgan fingerprint density at radius 2 is 2.09 bits per heavy atom. The number of allylic oxidation sites excluding steroid dienone is 1. The van der Waals surface area contributed by atoms with E-state index >= 15 is 0 Å². The largest absolute Gasteiger partial charge is 0.360 e. The maximum Gasteiger partial charge on any atom is 0.170 e. The quantitative estimate of drug-likeness (QED) is 0.653. The fraction of sp³-hybridized carbons (Fsp3) is 0.353. The molecule has 2 N–H and O–H groups in total. The van der Waals surface area contributed by atoms with E-state index < -0.39 is 0 Å². The molecule has 0 aliphatic heterocycles. The van der Waals surface area contributed by atoms with Crippen molar-refractivity contribution in [1.29, 1.82) is 5.26 Å². The molecule has 2 aromatic rings. The third-order valence-electron chi connectivity index (χ3n) is 3.93. The molecule has 1 aromatic carbocycles. The minimum atomic E-state index is 0.449. The number of hydrogen-bond acceptors (Lipinski definition) is 4. The molecule has 1 aliphatic rings. The number of para-hydroxylation sites is 1. The Morgan fingerprint density at radius 1 is 1.30 bits per heavy atom. The molecule has 1 aromatic heterocycles. The topological polar surface area (TPSA) is 60.7 Å². The average molecular weight is 342 g/mol. The molecule has 1 aliphatic carbocycles. The van der Waals surface area contributed by atoms with Gasteiger partial charge >= 0.3 is 0 Å². The van der Waals surface area contributed by atoms with E-state index in [4.69, 9.17) is 12.2 Å². The van der Waals surface area contributed by atoms with Crippen molar-refractivity contribution in [3.8, 4) is 6.07 Å². The van der Waals surface area contributed by atoms with Crippen LogP contribution in [-0.4, -0.2) is 16.1 Å². The first-order valence-corrected chi connectivity index (χ1v) is 9.02. The summed E-state index contributed by atoms with van der Waals surface area (Å²) in [7, 11) is 0. The van der Waals surface area contributed by atoms with Gasteiger partial charge in [0.2, 0.25) is 0 Å². The summed E-state index contributed by atoms with van der Waals surface area (Å²) < 4.78 is 1.08. The first kappa shape index (κ1) is 15.9. The number of thiazole rings is 1. The summed E-state index contributed by atoms with van der Waals surface area (Å²) in [5.41, 5.74) is 1.41. The fourth-order valence-electron chi connectivity index (χ4n) is 2.74. The van der Waals surface area contributed by atoms with Crippen LogP contribution in [-0.2, 0) is 0 Å². The Bertz CT molecular complexity index is 733. The summed E-state index contributed by atoms with van der Waals surface area (Å²) in [5.74, 6) is 0. The predicted molar refractivity (Wildman–Crippen MR) is 99.0 cm³/mol. The smallest absolute Gasteiger partial charge is 0.170 e. The maximum atomic E-state index is 9.38. The second-order valence-corrected chi connectivity index (χ2v) is 7.05. The number of fused-ring (bicyclic) bond motifs is 1. The van der Waals surface area contributed by atoms with E-state index in [-0.39, 0.29) is 0 Å². The van der Waals surface area contributed by atoms with Gasteiger partial charge in [-0.05, 0) is 37.2 Å². The Morgan fingerprint density at radius 3 is 2.83 bits per heavy atom. The van der Waals surface area contributed by atoms with Crippen molar-refractivity contribution in [2.75, 3.05) is 0 Å². The van der Waals surface area contributed by atoms with Crippen LogP contribution >= 0.6 is 23.6 Å². The molecule has 0 spiro atoms. The van der Waals surface area contributed by atoms with E-state index in [9.17, 15) is 5.26 Å². The van der Waals surface area contributed by atoms with Crippen molar-refractivity contribution in [1.82, 2.24) is 15.6 Å². The standard InChI is InChI=1S/C17H18N4S2/c18-10-12(16-21-14-8-4-5-9-15(14)23-16)11-19-17(22)20-13-6-2-1-3-7-13/h4-5,8-9,11,13H,1-3,6-7H2,(H2,19,20,22)/b12-11-. The monoisotopic (exact) mass is 342 g/mol. The summed E-state index contributed by atoms with van der Waals surface area (Å²) in [6.45, 7) is 0. The summed E-state index contributed by atoms with van der Waals surface area (Å²) in [6, 6.07) is 10.5. The zero-order valence-corrected chi connectivity index (χ0v) is 14.3. The third kappa shape index (κ3) is 4.06. The van der Waals surface area contributed by atoms with Crippen LogP contribution < -0.4 is 10.6 Å². The van der Waals surface area contributed by atoms with E-state index in [1.165, 1.54) is 30.6 Å². The fourth-order valence-corrected chi connectivity index (χ4v) is 3.90. The molecule has 0 bridgehead atoms. The molecule has 0 saturated heterocycles. The van der Waals surface area contributed by atoms with Crippen LogP contribution in [0.25, 0.3) is 15.8 Å². The third-order valence-corrected chi connectivity index (χ3v) is 5.24. The lowest BCUT2D eigenvalue weighted by molar-refractivity contribution is 0.413. The number of aromatic nitrogens is 1. The summed E-state index contributed by atoms with van der Waals surface area (Å²) >= 11 is 6.83. The van der Waals surface area contributed by atoms with Crippen molar-refractivity contribution < 1.29 is 0 Å². The van der Waals surface area contributed by atoms with E-state index in [0.29, 0.717) is 21.7 Å². The molecular formula is C17H18N4S2. The molecule has 23 heavy (non-hydrogen) atoms. The van der Waals surface area contributed by atoms with E-state index in [0.717, 1.165) is 23.1 Å². The molecule has 0 atom stereocenters. The van der Waals surface area contributed by atoms with Gasteiger partial charge in [0.1, 0.15) is 16.6 Å². The molecule has 3 rings (SSSR count). The van der Waals surface area contributed by atoms with Gasteiger partial charge in [0.25, 0.3) is 0 Å². The van der Waals surface area contributed by atoms with Gasteiger partial charge in [-0.2, -0.15) is 5.26 Å². The van der Waals surface area contributed by atoms with Gasteiger partial charge in [-0.15, -0.1) is 11.3 Å². The number of rotatable bonds is 3. The number of nitrogens with zero attached hydrogens (tertiary/aromatic N) is 2. The average Bonchev–Trinajstić information content (AvgIpc) is 3.00. The Hall–Kier alpha value is -1.97. The first-order valence-electron chi connectivity index (χ1n) is 7.79. The van der Waals surface area contributed by atoms with Crippen LogP contribution in [0, 0.1) is 11.3 Å². The van der Waals surface area contributed by atoms with E-state index in [1.807, 2.05) is 24.3 Å². The molecule has 0 radical (unpaired) electrons. The Balaban J connectivity index is 1.66. The van der Waals surface area contributed by atoms with Gasteiger partial charge in [0.05, 0.1) is 10.2 Å². The van der Waals surface area contributed by atoms with Gasteiger partial charge in [-0.3, -0.25) is 0 Å².